The van der Waals surface area contributed by atoms with Gasteiger partial charge in [0.1, 0.15) is 0 Å². The monoisotopic (exact) mass is 475 g/mol. The molecule has 0 amide bonds. The summed E-state index contributed by atoms with van der Waals surface area (Å²) in [6, 6.07) is 11.8. The van der Waals surface area contributed by atoms with Crippen molar-refractivity contribution in [3.05, 3.63) is 75.9 Å². The van der Waals surface area contributed by atoms with Gasteiger partial charge in [-0.15, -0.1) is 0 Å². The summed E-state index contributed by atoms with van der Waals surface area (Å²) in [5, 5.41) is 3.90. The summed E-state index contributed by atoms with van der Waals surface area (Å²) in [5.41, 5.74) is 2.06. The van der Waals surface area contributed by atoms with Gasteiger partial charge in [-0.1, -0.05) is 54.9 Å². The van der Waals surface area contributed by atoms with E-state index in [9.17, 15) is 13.2 Å². The number of fused-ring (bicyclic) bond motifs is 1. The van der Waals surface area contributed by atoms with Crippen LogP contribution in [-0.4, -0.2) is 35.4 Å². The minimum Gasteiger partial charge on any atom is -0.452 e. The van der Waals surface area contributed by atoms with E-state index in [-0.39, 0.29) is 40.4 Å². The molecule has 0 aliphatic carbocycles. The molecule has 0 fully saturated rings. The predicted molar refractivity (Wildman–Crippen MR) is 117 cm³/mol. The number of esters is 1. The van der Waals surface area contributed by atoms with Gasteiger partial charge in [0.15, 0.2) is 12.4 Å². The fourth-order valence-electron chi connectivity index (χ4n) is 3.41. The van der Waals surface area contributed by atoms with E-state index in [0.717, 1.165) is 11.1 Å². The minimum atomic E-state index is -3.82. The number of carbonyl (C=O) groups excluding carboxylic acids is 1. The molecule has 2 heterocycles. The van der Waals surface area contributed by atoms with E-state index >= 15 is 0 Å². The Balaban J connectivity index is 1.52. The van der Waals surface area contributed by atoms with E-state index in [0.29, 0.717) is 18.8 Å². The molecular formula is C22H22ClN3O5S. The number of aromatic nitrogens is 2. The Bertz CT molecular complexity index is 1260. The molecule has 4 rings (SSSR count). The first-order valence-electron chi connectivity index (χ1n) is 10.1. The van der Waals surface area contributed by atoms with Crippen molar-refractivity contribution in [1.29, 1.82) is 0 Å². The Kier molecular flexibility index (Phi) is 6.32. The number of carbonyl (C=O) groups is 1. The van der Waals surface area contributed by atoms with Gasteiger partial charge in [-0.25, -0.2) is 13.2 Å². The van der Waals surface area contributed by atoms with Crippen molar-refractivity contribution in [3.63, 3.8) is 0 Å². The molecule has 0 saturated heterocycles. The Hall–Kier alpha value is -2.75. The molecule has 0 unspecified atom stereocenters. The molecule has 2 aromatic carbocycles. The summed E-state index contributed by atoms with van der Waals surface area (Å²) in [5.74, 6) is -0.0548. The predicted octanol–water partition coefficient (Wildman–Crippen LogP) is 3.95. The van der Waals surface area contributed by atoms with Gasteiger partial charge in [0.25, 0.3) is 5.89 Å². The Morgan fingerprint density at radius 3 is 2.69 bits per heavy atom. The maximum absolute atomic E-state index is 13.2. The van der Waals surface area contributed by atoms with E-state index < -0.39 is 16.0 Å². The number of hydrogen-bond donors (Lipinski definition) is 0. The molecule has 0 radical (unpaired) electrons. The van der Waals surface area contributed by atoms with Crippen LogP contribution in [0.1, 0.15) is 53.0 Å². The van der Waals surface area contributed by atoms with Crippen molar-refractivity contribution < 1.29 is 22.5 Å². The third kappa shape index (κ3) is 4.55. The number of ether oxygens (including phenoxy) is 1. The highest BCUT2D eigenvalue weighted by molar-refractivity contribution is 7.89. The van der Waals surface area contributed by atoms with Crippen LogP contribution in [0, 0.1) is 0 Å². The maximum Gasteiger partial charge on any atom is 0.340 e. The smallest absolute Gasteiger partial charge is 0.340 e. The average molecular weight is 476 g/mol. The first-order chi connectivity index (χ1) is 15.3. The van der Waals surface area contributed by atoms with Gasteiger partial charge in [0.05, 0.1) is 15.5 Å². The van der Waals surface area contributed by atoms with Crippen LogP contribution in [0.25, 0.3) is 0 Å². The normalized spacial score (nSPS) is 14.4. The van der Waals surface area contributed by atoms with E-state index in [2.05, 4.69) is 10.1 Å². The molecule has 1 aliphatic rings. The van der Waals surface area contributed by atoms with E-state index in [1.807, 2.05) is 38.1 Å². The second-order valence-electron chi connectivity index (χ2n) is 7.78. The summed E-state index contributed by atoms with van der Waals surface area (Å²) in [6.07, 6.45) is 0.625. The lowest BCUT2D eigenvalue weighted by Crippen LogP contribution is -2.36. The topological polar surface area (TPSA) is 103 Å². The number of hydrogen-bond acceptors (Lipinski definition) is 7. The molecule has 0 bridgehead atoms. The van der Waals surface area contributed by atoms with E-state index in [1.165, 1.54) is 22.5 Å². The van der Waals surface area contributed by atoms with Crippen LogP contribution in [0.4, 0.5) is 0 Å². The lowest BCUT2D eigenvalue weighted by molar-refractivity contribution is 0.0429. The summed E-state index contributed by atoms with van der Waals surface area (Å²) < 4.78 is 38.1. The van der Waals surface area contributed by atoms with Crippen LogP contribution >= 0.6 is 11.6 Å². The Morgan fingerprint density at radius 1 is 1.22 bits per heavy atom. The molecule has 168 valence electrons. The average Bonchev–Trinajstić information content (AvgIpc) is 3.27. The molecule has 1 aliphatic heterocycles. The van der Waals surface area contributed by atoms with E-state index in [4.69, 9.17) is 20.9 Å². The van der Waals surface area contributed by atoms with Gasteiger partial charge in [0, 0.05) is 19.0 Å². The lowest BCUT2D eigenvalue weighted by atomic mass is 10.0. The second kappa shape index (κ2) is 9.01. The third-order valence-corrected chi connectivity index (χ3v) is 7.39. The summed E-state index contributed by atoms with van der Waals surface area (Å²) >= 11 is 6.16. The summed E-state index contributed by atoms with van der Waals surface area (Å²) in [4.78, 5) is 16.7. The van der Waals surface area contributed by atoms with Crippen LogP contribution in [-0.2, 0) is 34.3 Å². The molecule has 0 spiro atoms. The van der Waals surface area contributed by atoms with Gasteiger partial charge in [-0.2, -0.15) is 9.29 Å². The summed E-state index contributed by atoms with van der Waals surface area (Å²) in [6.45, 7) is 4.21. The molecule has 0 saturated carbocycles. The van der Waals surface area contributed by atoms with Crippen LogP contribution < -0.4 is 0 Å². The molecule has 0 N–H and O–H groups in total. The fourth-order valence-corrected chi connectivity index (χ4v) is 5.05. The highest BCUT2D eigenvalue weighted by atomic mass is 35.5. The van der Waals surface area contributed by atoms with Crippen LogP contribution in [0.3, 0.4) is 0 Å². The number of benzene rings is 2. The quantitative estimate of drug-likeness (QED) is 0.497. The number of rotatable bonds is 6. The molecule has 32 heavy (non-hydrogen) atoms. The lowest BCUT2D eigenvalue weighted by Gasteiger charge is -2.28. The maximum atomic E-state index is 13.2. The standard InChI is InChI=1S/C22H22ClN3O5S/c1-14(2)21-24-20(31-25-21)13-30-22(27)18-11-17(7-8-19(18)23)32(28,29)26-10-9-15-5-3-4-6-16(15)12-26/h3-8,11,14H,9-10,12-13H2,1-2H3. The number of nitrogens with zero attached hydrogens (tertiary/aromatic N) is 3. The molecule has 0 atom stereocenters. The second-order valence-corrected chi connectivity index (χ2v) is 10.1. The molecule has 3 aromatic rings. The van der Waals surface area contributed by atoms with Crippen LogP contribution in [0.2, 0.25) is 5.02 Å². The van der Waals surface area contributed by atoms with Gasteiger partial charge >= 0.3 is 5.97 Å². The van der Waals surface area contributed by atoms with Gasteiger partial charge in [0.2, 0.25) is 10.0 Å². The Morgan fingerprint density at radius 2 is 1.97 bits per heavy atom. The van der Waals surface area contributed by atoms with Crippen molar-refractivity contribution in [2.75, 3.05) is 6.54 Å². The van der Waals surface area contributed by atoms with Gasteiger partial charge < -0.3 is 9.26 Å². The zero-order chi connectivity index (χ0) is 22.9. The zero-order valence-electron chi connectivity index (χ0n) is 17.6. The largest absolute Gasteiger partial charge is 0.452 e. The highest BCUT2D eigenvalue weighted by Crippen LogP contribution is 2.28. The Labute approximate surface area is 191 Å². The summed E-state index contributed by atoms with van der Waals surface area (Å²) in [7, 11) is -3.82. The van der Waals surface area contributed by atoms with Gasteiger partial charge in [-0.05, 0) is 35.7 Å². The first kappa shape index (κ1) is 22.4. The molecule has 10 heteroatoms. The van der Waals surface area contributed by atoms with Crippen LogP contribution in [0.5, 0.6) is 0 Å². The SMILES string of the molecule is CC(C)c1noc(COC(=O)c2cc(S(=O)(=O)N3CCc4ccccc4C3)ccc2Cl)n1. The fraction of sp³-hybridized carbons (Fsp3) is 0.318. The van der Waals surface area contributed by atoms with Crippen molar-refractivity contribution >= 4 is 27.6 Å². The minimum absolute atomic E-state index is 0.0203. The van der Waals surface area contributed by atoms with Crippen molar-refractivity contribution in [2.24, 2.45) is 0 Å². The van der Waals surface area contributed by atoms with Crippen LogP contribution in [0.15, 0.2) is 51.9 Å². The van der Waals surface area contributed by atoms with Gasteiger partial charge in [-0.3, -0.25) is 0 Å². The zero-order valence-corrected chi connectivity index (χ0v) is 19.2. The van der Waals surface area contributed by atoms with E-state index in [1.54, 1.807) is 0 Å². The third-order valence-electron chi connectivity index (χ3n) is 5.22. The molecular weight excluding hydrogens is 454 g/mol. The molecule has 1 aromatic heterocycles. The number of halogens is 1. The first-order valence-corrected chi connectivity index (χ1v) is 11.9. The van der Waals surface area contributed by atoms with Crippen molar-refractivity contribution in [1.82, 2.24) is 14.4 Å². The number of sulfonamides is 1. The molecule has 8 nitrogen and oxygen atoms in total. The van der Waals surface area contributed by atoms with Crippen molar-refractivity contribution in [3.8, 4) is 0 Å². The van der Waals surface area contributed by atoms with Crippen molar-refractivity contribution in [2.45, 2.75) is 44.2 Å². The highest BCUT2D eigenvalue weighted by Gasteiger charge is 2.29.